The zero-order valence-electron chi connectivity index (χ0n) is 12.4. The molecule has 1 amide bonds. The maximum Gasteiger partial charge on any atom is 0.227 e. The van der Waals surface area contributed by atoms with Crippen LogP contribution in [-0.4, -0.2) is 54.5 Å². The summed E-state index contributed by atoms with van der Waals surface area (Å²) in [7, 11) is 0. The molecule has 0 radical (unpaired) electrons. The number of piperazine rings is 1. The van der Waals surface area contributed by atoms with Crippen LogP contribution in [0.25, 0.3) is 0 Å². The Bertz CT molecular complexity index is 258. The van der Waals surface area contributed by atoms with Gasteiger partial charge in [0.15, 0.2) is 0 Å². The summed E-state index contributed by atoms with van der Waals surface area (Å²) >= 11 is 0. The van der Waals surface area contributed by atoms with E-state index in [9.17, 15) is 4.79 Å². The Balaban J connectivity index is 2.48. The molecule has 18 heavy (non-hydrogen) atoms. The predicted molar refractivity (Wildman–Crippen MR) is 75.3 cm³/mol. The molecule has 1 aliphatic heterocycles. The highest BCUT2D eigenvalue weighted by atomic mass is 16.2. The average Bonchev–Trinajstić information content (AvgIpc) is 2.35. The maximum atomic E-state index is 12.4. The lowest BCUT2D eigenvalue weighted by Gasteiger charge is -2.38. The van der Waals surface area contributed by atoms with Crippen LogP contribution in [-0.2, 0) is 4.79 Å². The Morgan fingerprint density at radius 1 is 1.11 bits per heavy atom. The second-order valence-corrected chi connectivity index (χ2v) is 6.02. The number of nitrogens with two attached hydrogens (primary N) is 1. The van der Waals surface area contributed by atoms with Crippen molar-refractivity contribution in [1.82, 2.24) is 9.80 Å². The first-order valence-electron chi connectivity index (χ1n) is 7.18. The van der Waals surface area contributed by atoms with Gasteiger partial charge in [0, 0.05) is 38.8 Å². The summed E-state index contributed by atoms with van der Waals surface area (Å²) in [5.41, 5.74) is 5.75. The molecule has 4 heteroatoms. The van der Waals surface area contributed by atoms with Gasteiger partial charge in [-0.3, -0.25) is 9.69 Å². The quantitative estimate of drug-likeness (QED) is 0.802. The van der Waals surface area contributed by atoms with E-state index in [0.29, 0.717) is 18.5 Å². The van der Waals surface area contributed by atoms with Crippen molar-refractivity contribution in [3.63, 3.8) is 0 Å². The van der Waals surface area contributed by atoms with Crippen LogP contribution in [0.1, 0.15) is 34.1 Å². The SMILES string of the molecule is CC(C)CC(CN)C(=O)N1CCN(C(C)C)CC1. The van der Waals surface area contributed by atoms with Crippen LogP contribution in [0.2, 0.25) is 0 Å². The molecule has 1 unspecified atom stereocenters. The van der Waals surface area contributed by atoms with E-state index in [-0.39, 0.29) is 11.8 Å². The van der Waals surface area contributed by atoms with E-state index in [4.69, 9.17) is 5.73 Å². The molecule has 106 valence electrons. The van der Waals surface area contributed by atoms with Gasteiger partial charge in [-0.1, -0.05) is 13.8 Å². The van der Waals surface area contributed by atoms with Crippen molar-refractivity contribution in [1.29, 1.82) is 0 Å². The van der Waals surface area contributed by atoms with Gasteiger partial charge in [0.25, 0.3) is 0 Å². The van der Waals surface area contributed by atoms with E-state index < -0.39 is 0 Å². The lowest BCUT2D eigenvalue weighted by Crippen LogP contribution is -2.52. The Morgan fingerprint density at radius 2 is 1.67 bits per heavy atom. The van der Waals surface area contributed by atoms with Crippen molar-refractivity contribution in [2.45, 2.75) is 40.2 Å². The molecule has 0 aromatic rings. The summed E-state index contributed by atoms with van der Waals surface area (Å²) in [5.74, 6) is 0.796. The Morgan fingerprint density at radius 3 is 2.06 bits per heavy atom. The summed E-state index contributed by atoms with van der Waals surface area (Å²) < 4.78 is 0. The second-order valence-electron chi connectivity index (χ2n) is 6.02. The fourth-order valence-electron chi connectivity index (χ4n) is 2.58. The van der Waals surface area contributed by atoms with Crippen LogP contribution in [0.5, 0.6) is 0 Å². The summed E-state index contributed by atoms with van der Waals surface area (Å²) in [6, 6.07) is 0.572. The number of amides is 1. The van der Waals surface area contributed by atoms with Gasteiger partial charge in [0.2, 0.25) is 5.91 Å². The molecule has 0 aromatic heterocycles. The fraction of sp³-hybridized carbons (Fsp3) is 0.929. The highest BCUT2D eigenvalue weighted by Crippen LogP contribution is 2.15. The van der Waals surface area contributed by atoms with E-state index in [2.05, 4.69) is 32.6 Å². The topological polar surface area (TPSA) is 49.6 Å². The third kappa shape index (κ3) is 4.25. The summed E-state index contributed by atoms with van der Waals surface area (Å²) in [6.45, 7) is 12.9. The molecule has 1 heterocycles. The van der Waals surface area contributed by atoms with Crippen LogP contribution in [0.15, 0.2) is 0 Å². The normalized spacial score (nSPS) is 19.6. The molecule has 0 spiro atoms. The number of hydrogen-bond donors (Lipinski definition) is 1. The summed E-state index contributed by atoms with van der Waals surface area (Å²) in [6.07, 6.45) is 0.903. The molecule has 4 nitrogen and oxygen atoms in total. The number of carbonyl (C=O) groups excluding carboxylic acids is 1. The zero-order valence-corrected chi connectivity index (χ0v) is 12.4. The van der Waals surface area contributed by atoms with Crippen LogP contribution >= 0.6 is 0 Å². The van der Waals surface area contributed by atoms with Crippen LogP contribution in [0.4, 0.5) is 0 Å². The number of nitrogens with zero attached hydrogens (tertiary/aromatic N) is 2. The molecule has 1 fully saturated rings. The van der Waals surface area contributed by atoms with Gasteiger partial charge >= 0.3 is 0 Å². The maximum absolute atomic E-state index is 12.4. The molecule has 2 N–H and O–H groups in total. The monoisotopic (exact) mass is 255 g/mol. The van der Waals surface area contributed by atoms with Crippen LogP contribution in [0.3, 0.4) is 0 Å². The van der Waals surface area contributed by atoms with E-state index in [1.807, 2.05) is 4.90 Å². The Hall–Kier alpha value is -0.610. The van der Waals surface area contributed by atoms with Gasteiger partial charge in [-0.25, -0.2) is 0 Å². The molecule has 1 atom stereocenters. The van der Waals surface area contributed by atoms with Crippen LogP contribution in [0, 0.1) is 11.8 Å². The summed E-state index contributed by atoms with van der Waals surface area (Å²) in [4.78, 5) is 16.8. The minimum atomic E-state index is 0.00981. The molecule has 0 aromatic carbocycles. The number of hydrogen-bond acceptors (Lipinski definition) is 3. The highest BCUT2D eigenvalue weighted by molar-refractivity contribution is 5.79. The van der Waals surface area contributed by atoms with Crippen molar-refractivity contribution < 1.29 is 4.79 Å². The van der Waals surface area contributed by atoms with Crippen molar-refractivity contribution in [2.24, 2.45) is 17.6 Å². The van der Waals surface area contributed by atoms with Gasteiger partial charge in [0.05, 0.1) is 5.92 Å². The number of rotatable bonds is 5. The van der Waals surface area contributed by atoms with Crippen molar-refractivity contribution in [2.75, 3.05) is 32.7 Å². The zero-order chi connectivity index (χ0) is 13.7. The fourth-order valence-corrected chi connectivity index (χ4v) is 2.58. The van der Waals surface area contributed by atoms with Gasteiger partial charge in [-0.05, 0) is 26.2 Å². The van der Waals surface area contributed by atoms with E-state index >= 15 is 0 Å². The third-order valence-electron chi connectivity index (χ3n) is 3.75. The summed E-state index contributed by atoms with van der Waals surface area (Å²) in [5, 5.41) is 0. The largest absolute Gasteiger partial charge is 0.340 e. The molecule has 0 bridgehead atoms. The number of carbonyl (C=O) groups is 1. The van der Waals surface area contributed by atoms with E-state index in [0.717, 1.165) is 32.6 Å². The molecule has 0 aliphatic carbocycles. The smallest absolute Gasteiger partial charge is 0.227 e. The standard InChI is InChI=1S/C14H29N3O/c1-11(2)9-13(10-15)14(18)17-7-5-16(6-8-17)12(3)4/h11-13H,5-10,15H2,1-4H3. The van der Waals surface area contributed by atoms with Crippen molar-refractivity contribution in [3.05, 3.63) is 0 Å². The third-order valence-corrected chi connectivity index (χ3v) is 3.75. The van der Waals surface area contributed by atoms with Crippen molar-refractivity contribution in [3.8, 4) is 0 Å². The molecule has 1 rings (SSSR count). The predicted octanol–water partition coefficient (Wildman–Crippen LogP) is 1.16. The minimum Gasteiger partial charge on any atom is -0.340 e. The van der Waals surface area contributed by atoms with Crippen LogP contribution < -0.4 is 5.73 Å². The van der Waals surface area contributed by atoms with Crippen molar-refractivity contribution >= 4 is 5.91 Å². The minimum absolute atomic E-state index is 0.00981. The van der Waals surface area contributed by atoms with Gasteiger partial charge in [-0.15, -0.1) is 0 Å². The van der Waals surface area contributed by atoms with E-state index in [1.165, 1.54) is 0 Å². The highest BCUT2D eigenvalue weighted by Gasteiger charge is 2.27. The second kappa shape index (κ2) is 7.10. The molecule has 1 saturated heterocycles. The Kier molecular flexibility index (Phi) is 6.09. The average molecular weight is 255 g/mol. The first kappa shape index (κ1) is 15.4. The molecule has 1 aliphatic rings. The molecular weight excluding hydrogens is 226 g/mol. The lowest BCUT2D eigenvalue weighted by molar-refractivity contribution is -0.137. The van der Waals surface area contributed by atoms with Gasteiger partial charge in [-0.2, -0.15) is 0 Å². The lowest BCUT2D eigenvalue weighted by atomic mass is 9.95. The first-order valence-corrected chi connectivity index (χ1v) is 7.18. The molecular formula is C14H29N3O. The Labute approximate surface area is 111 Å². The first-order chi connectivity index (χ1) is 8.45. The van der Waals surface area contributed by atoms with Gasteiger partial charge in [0.1, 0.15) is 0 Å². The van der Waals surface area contributed by atoms with Gasteiger partial charge < -0.3 is 10.6 Å². The van der Waals surface area contributed by atoms with E-state index in [1.54, 1.807) is 0 Å². The molecule has 0 saturated carbocycles.